The van der Waals surface area contributed by atoms with Crippen LogP contribution in [0.15, 0.2) is 83.8 Å². The molecule has 0 saturated carbocycles. The first kappa shape index (κ1) is 17.2. The average Bonchev–Trinajstić information content (AvgIpc) is 3.21. The quantitative estimate of drug-likeness (QED) is 0.387. The second-order valence-electron chi connectivity index (χ2n) is 6.77. The van der Waals surface area contributed by atoms with E-state index in [4.69, 9.17) is 4.42 Å². The van der Waals surface area contributed by atoms with E-state index < -0.39 is 0 Å². The van der Waals surface area contributed by atoms with E-state index >= 15 is 0 Å². The van der Waals surface area contributed by atoms with Crippen molar-refractivity contribution in [3.05, 3.63) is 90.2 Å². The van der Waals surface area contributed by atoms with Crippen LogP contribution in [-0.4, -0.2) is 9.97 Å². The number of pyridine rings is 2. The van der Waals surface area contributed by atoms with Crippen LogP contribution in [0, 0.1) is 5.21 Å². The van der Waals surface area contributed by atoms with E-state index in [9.17, 15) is 5.21 Å². The second-order valence-corrected chi connectivity index (χ2v) is 6.77. The zero-order chi connectivity index (χ0) is 19.6. The maximum atomic E-state index is 11.1. The Morgan fingerprint density at radius 3 is 2.69 bits per heavy atom. The number of anilines is 2. The molecule has 0 spiro atoms. The highest BCUT2D eigenvalue weighted by molar-refractivity contribution is 5.97. The van der Waals surface area contributed by atoms with Gasteiger partial charge in [-0.15, -0.1) is 0 Å². The fourth-order valence-electron chi connectivity index (χ4n) is 3.46. The predicted molar refractivity (Wildman–Crippen MR) is 116 cm³/mol. The van der Waals surface area contributed by atoms with Gasteiger partial charge in [-0.05, 0) is 35.2 Å². The number of benzene rings is 2. The molecule has 2 N–H and O–H groups in total. The van der Waals surface area contributed by atoms with Crippen LogP contribution in [0.5, 0.6) is 0 Å². The summed E-state index contributed by atoms with van der Waals surface area (Å²) in [5.41, 5.74) is 5.92. The summed E-state index contributed by atoms with van der Waals surface area (Å²) in [7, 11) is 0. The lowest BCUT2D eigenvalue weighted by molar-refractivity contribution is 0.632. The number of fused-ring (bicyclic) bond motifs is 2. The normalized spacial score (nSPS) is 11.1. The second kappa shape index (κ2) is 7.26. The third kappa shape index (κ3) is 3.26. The molecule has 0 bridgehead atoms. The summed E-state index contributed by atoms with van der Waals surface area (Å²) in [5.74, 6) is 0.793. The van der Waals surface area contributed by atoms with Gasteiger partial charge in [-0.3, -0.25) is 9.97 Å². The minimum atomic E-state index is 0.417. The summed E-state index contributed by atoms with van der Waals surface area (Å²) < 4.78 is 6.06. The van der Waals surface area contributed by atoms with Crippen LogP contribution in [0.3, 0.4) is 0 Å². The molecule has 3 aromatic heterocycles. The van der Waals surface area contributed by atoms with Crippen molar-refractivity contribution in [2.45, 2.75) is 6.54 Å². The Morgan fingerprint density at radius 2 is 1.79 bits per heavy atom. The first-order valence-electron chi connectivity index (χ1n) is 9.23. The van der Waals surface area contributed by atoms with Crippen molar-refractivity contribution in [1.82, 2.24) is 9.97 Å². The van der Waals surface area contributed by atoms with Crippen molar-refractivity contribution < 1.29 is 4.42 Å². The third-order valence-corrected chi connectivity index (χ3v) is 4.93. The summed E-state index contributed by atoms with van der Waals surface area (Å²) >= 11 is 0. The average molecular weight is 381 g/mol. The van der Waals surface area contributed by atoms with E-state index in [0.29, 0.717) is 17.9 Å². The van der Waals surface area contributed by atoms with Gasteiger partial charge in [-0.1, -0.05) is 30.3 Å². The van der Waals surface area contributed by atoms with Crippen molar-refractivity contribution in [3.63, 3.8) is 0 Å². The molecule has 29 heavy (non-hydrogen) atoms. The van der Waals surface area contributed by atoms with Crippen molar-refractivity contribution >= 4 is 33.1 Å². The Bertz CT molecular complexity index is 1280. The Morgan fingerprint density at radius 1 is 0.862 bits per heavy atom. The third-order valence-electron chi connectivity index (χ3n) is 4.93. The zero-order valence-corrected chi connectivity index (χ0v) is 15.4. The maximum Gasteiger partial charge on any atom is 0.137 e. The molecule has 0 atom stereocenters. The van der Waals surface area contributed by atoms with Crippen molar-refractivity contribution in [2.24, 2.45) is 0 Å². The van der Waals surface area contributed by atoms with Gasteiger partial charge in [0.1, 0.15) is 11.3 Å². The fraction of sp³-hybridized carbons (Fsp3) is 0.0435. The van der Waals surface area contributed by atoms with Gasteiger partial charge in [-0.25, -0.2) is 0 Å². The molecule has 6 nitrogen and oxygen atoms in total. The molecule has 3 heterocycles. The van der Waals surface area contributed by atoms with Crippen LogP contribution in [0.25, 0.3) is 33.1 Å². The number of nitrogens with one attached hydrogen (secondary N) is 2. The van der Waals surface area contributed by atoms with E-state index in [-0.39, 0.29) is 0 Å². The van der Waals surface area contributed by atoms with Crippen molar-refractivity contribution in [3.8, 4) is 11.3 Å². The standard InChI is InChI=1S/C23H17N4O2/c28-27-21-14-24-8-7-20(21)26-11-15-5-6-17-12-25-13-19(18(17)9-15)23-10-16-3-1-2-4-22(16)29-23/h1-10,12-14,27H,11H2,(H,24,26)/q-1. The van der Waals surface area contributed by atoms with Gasteiger partial charge in [0.05, 0.1) is 17.6 Å². The van der Waals surface area contributed by atoms with Crippen LogP contribution in [0.2, 0.25) is 0 Å². The molecule has 0 amide bonds. The Labute approximate surface area is 166 Å². The van der Waals surface area contributed by atoms with E-state index in [1.807, 2.05) is 60.3 Å². The number of hydrogen-bond acceptors (Lipinski definition) is 6. The van der Waals surface area contributed by atoms with Gasteiger partial charge >= 0.3 is 0 Å². The molecule has 0 unspecified atom stereocenters. The first-order valence-corrected chi connectivity index (χ1v) is 9.23. The number of furan rings is 1. The summed E-state index contributed by atoms with van der Waals surface area (Å²) in [6.45, 7) is 0.566. The van der Waals surface area contributed by atoms with E-state index in [1.54, 1.807) is 12.3 Å². The molecular weight excluding hydrogens is 364 g/mol. The van der Waals surface area contributed by atoms with Gasteiger partial charge < -0.3 is 20.4 Å². The minimum absolute atomic E-state index is 0.417. The predicted octanol–water partition coefficient (Wildman–Crippen LogP) is 5.56. The van der Waals surface area contributed by atoms with Gasteiger partial charge in [-0.2, -0.15) is 0 Å². The molecule has 0 saturated heterocycles. The molecule has 0 fully saturated rings. The summed E-state index contributed by atoms with van der Waals surface area (Å²) in [6, 6.07) is 18.0. The molecule has 2 aromatic carbocycles. The molecule has 0 aliphatic heterocycles. The highest BCUT2D eigenvalue weighted by Gasteiger charge is 2.11. The number of nitrogens with zero attached hydrogens (tertiary/aromatic N) is 2. The smallest absolute Gasteiger partial charge is 0.137 e. The Balaban J connectivity index is 1.51. The SMILES string of the molecule is [O-]Nc1cnccc1NCc1ccc2cncc(-c3cc4ccccc4o3)c2c1. The molecule has 6 heteroatoms. The maximum absolute atomic E-state index is 11.1. The van der Waals surface area contributed by atoms with E-state index in [2.05, 4.69) is 21.4 Å². The zero-order valence-electron chi connectivity index (χ0n) is 15.4. The van der Waals surface area contributed by atoms with E-state index in [0.717, 1.165) is 38.6 Å². The van der Waals surface area contributed by atoms with Gasteiger partial charge in [0.15, 0.2) is 0 Å². The first-order chi connectivity index (χ1) is 14.3. The summed E-state index contributed by atoms with van der Waals surface area (Å²) in [4.78, 5) is 8.34. The lowest BCUT2D eigenvalue weighted by atomic mass is 10.0. The summed E-state index contributed by atoms with van der Waals surface area (Å²) in [6.07, 6.45) is 6.83. The largest absolute Gasteiger partial charge is 0.761 e. The Kier molecular flexibility index (Phi) is 4.31. The van der Waals surface area contributed by atoms with Crippen molar-refractivity contribution in [2.75, 3.05) is 10.8 Å². The van der Waals surface area contributed by atoms with Crippen LogP contribution in [0.4, 0.5) is 11.4 Å². The minimum Gasteiger partial charge on any atom is -0.761 e. The number of para-hydroxylation sites is 1. The van der Waals surface area contributed by atoms with Gasteiger partial charge in [0.25, 0.3) is 0 Å². The number of rotatable bonds is 5. The molecule has 0 aliphatic carbocycles. The highest BCUT2D eigenvalue weighted by Crippen LogP contribution is 2.33. The number of hydrogen-bond donors (Lipinski definition) is 2. The summed E-state index contributed by atoms with van der Waals surface area (Å²) in [5, 5.41) is 17.5. The van der Waals surface area contributed by atoms with Crippen LogP contribution >= 0.6 is 0 Å². The van der Waals surface area contributed by atoms with E-state index in [1.165, 1.54) is 6.20 Å². The highest BCUT2D eigenvalue weighted by atomic mass is 16.5. The molecule has 0 aliphatic rings. The van der Waals surface area contributed by atoms with Gasteiger partial charge in [0, 0.05) is 41.5 Å². The lowest BCUT2D eigenvalue weighted by Gasteiger charge is -2.15. The van der Waals surface area contributed by atoms with Crippen molar-refractivity contribution in [1.29, 1.82) is 0 Å². The Hall–Kier alpha value is -3.90. The van der Waals surface area contributed by atoms with Crippen LogP contribution < -0.4 is 10.8 Å². The topological polar surface area (TPSA) is 86.0 Å². The molecule has 0 radical (unpaired) electrons. The number of aromatic nitrogens is 2. The van der Waals surface area contributed by atoms with Gasteiger partial charge in [0.2, 0.25) is 0 Å². The van der Waals surface area contributed by atoms with Crippen LogP contribution in [-0.2, 0) is 6.54 Å². The lowest BCUT2D eigenvalue weighted by Crippen LogP contribution is -2.02. The monoisotopic (exact) mass is 381 g/mol. The molecule has 5 aromatic rings. The molecule has 5 rings (SSSR count). The fourth-order valence-corrected chi connectivity index (χ4v) is 3.46. The molecule has 142 valence electrons. The van der Waals surface area contributed by atoms with Crippen LogP contribution in [0.1, 0.15) is 5.56 Å². The molecular formula is C23H17N4O2-.